The highest BCUT2D eigenvalue weighted by atomic mass is 19.4. The summed E-state index contributed by atoms with van der Waals surface area (Å²) >= 11 is 0. The van der Waals surface area contributed by atoms with Crippen molar-refractivity contribution in [1.29, 1.82) is 0 Å². The summed E-state index contributed by atoms with van der Waals surface area (Å²) in [6.07, 6.45) is -3.10. The van der Waals surface area contributed by atoms with Crippen LogP contribution in [0.5, 0.6) is 11.5 Å². The molecular formula is C18H19F3N5O3+. The molecule has 11 heteroatoms. The number of alkyl halides is 3. The number of ether oxygens (including phenoxy) is 2. The van der Waals surface area contributed by atoms with E-state index in [4.69, 9.17) is 20.9 Å². The van der Waals surface area contributed by atoms with Crippen molar-refractivity contribution < 1.29 is 32.5 Å². The van der Waals surface area contributed by atoms with Crippen molar-refractivity contribution in [2.45, 2.75) is 6.18 Å². The molecule has 0 spiro atoms. The minimum absolute atomic E-state index is 0.147. The van der Waals surface area contributed by atoms with Crippen LogP contribution in [0.25, 0.3) is 0 Å². The predicted octanol–water partition coefficient (Wildman–Crippen LogP) is 0.419. The number of halogens is 3. The van der Waals surface area contributed by atoms with Gasteiger partial charge in [0, 0.05) is 10.7 Å². The van der Waals surface area contributed by atoms with Crippen LogP contribution < -0.4 is 31.4 Å². The normalized spacial score (nSPS) is 11.2. The SMILES string of the molecule is COc1cc(/C=[NH+]\N=C(N)N)ccc1OCC(=O)Nc1ccccc1C(F)(F)F. The molecule has 0 aliphatic rings. The summed E-state index contributed by atoms with van der Waals surface area (Å²) in [4.78, 5) is 12.0. The topological polar surface area (TPSA) is 126 Å². The first kappa shape index (κ1) is 21.5. The van der Waals surface area contributed by atoms with Crippen LogP contribution in [0, 0.1) is 0 Å². The number of amides is 1. The Balaban J connectivity index is 2.05. The van der Waals surface area contributed by atoms with E-state index in [0.29, 0.717) is 11.3 Å². The molecule has 2 aromatic carbocycles. The predicted molar refractivity (Wildman–Crippen MR) is 101 cm³/mol. The number of benzene rings is 2. The van der Waals surface area contributed by atoms with Gasteiger partial charge in [-0.3, -0.25) is 4.79 Å². The van der Waals surface area contributed by atoms with Crippen LogP contribution in [0.3, 0.4) is 0 Å². The highest BCUT2D eigenvalue weighted by Gasteiger charge is 2.33. The lowest BCUT2D eigenvalue weighted by molar-refractivity contribution is -0.456. The number of hydrogen-bond donors (Lipinski definition) is 4. The number of nitrogens with two attached hydrogens (primary N) is 2. The Labute approximate surface area is 164 Å². The van der Waals surface area contributed by atoms with Crippen LogP contribution in [0.1, 0.15) is 11.1 Å². The minimum atomic E-state index is -4.59. The van der Waals surface area contributed by atoms with Crippen LogP contribution in [0.2, 0.25) is 0 Å². The molecule has 0 bridgehead atoms. The maximum absolute atomic E-state index is 13.0. The molecule has 0 aromatic heterocycles. The van der Waals surface area contributed by atoms with Crippen molar-refractivity contribution in [3.8, 4) is 11.5 Å². The fourth-order valence-corrected chi connectivity index (χ4v) is 2.24. The lowest BCUT2D eigenvalue weighted by atomic mass is 10.1. The maximum atomic E-state index is 13.0. The van der Waals surface area contributed by atoms with Gasteiger partial charge < -0.3 is 26.3 Å². The number of anilines is 1. The minimum Gasteiger partial charge on any atom is -0.493 e. The van der Waals surface area contributed by atoms with Crippen molar-refractivity contribution in [2.75, 3.05) is 19.0 Å². The van der Waals surface area contributed by atoms with Gasteiger partial charge in [0.25, 0.3) is 11.9 Å². The quantitative estimate of drug-likeness (QED) is 0.299. The largest absolute Gasteiger partial charge is 0.493 e. The molecule has 0 unspecified atom stereocenters. The van der Waals surface area contributed by atoms with Crippen LogP contribution in [-0.4, -0.2) is 31.8 Å². The number of nitrogens with one attached hydrogen (secondary N) is 2. The average Bonchev–Trinajstić information content (AvgIpc) is 2.66. The lowest BCUT2D eigenvalue weighted by Crippen LogP contribution is -2.63. The molecule has 0 saturated carbocycles. The third-order valence-electron chi connectivity index (χ3n) is 3.48. The van der Waals surface area contributed by atoms with E-state index in [1.54, 1.807) is 12.1 Å². The van der Waals surface area contributed by atoms with E-state index in [9.17, 15) is 18.0 Å². The lowest BCUT2D eigenvalue weighted by Gasteiger charge is -2.14. The molecule has 1 amide bonds. The molecule has 2 aromatic rings. The number of para-hydroxylation sites is 1. The second-order valence-electron chi connectivity index (χ2n) is 5.60. The molecule has 0 saturated heterocycles. The summed E-state index contributed by atoms with van der Waals surface area (Å²) in [5, 5.41) is 8.31. The summed E-state index contributed by atoms with van der Waals surface area (Å²) in [5.74, 6) is -0.375. The summed E-state index contributed by atoms with van der Waals surface area (Å²) in [6, 6.07) is 9.41. The van der Waals surface area contributed by atoms with Gasteiger partial charge in [0.2, 0.25) is 6.21 Å². The summed E-state index contributed by atoms with van der Waals surface area (Å²) in [5.41, 5.74) is 9.73. The number of methoxy groups -OCH3 is 1. The van der Waals surface area contributed by atoms with E-state index >= 15 is 0 Å². The number of rotatable bonds is 7. The fraction of sp³-hybridized carbons (Fsp3) is 0.167. The summed E-state index contributed by atoms with van der Waals surface area (Å²) in [7, 11) is 1.40. The molecule has 29 heavy (non-hydrogen) atoms. The Morgan fingerprint density at radius 2 is 1.93 bits per heavy atom. The first-order valence-electron chi connectivity index (χ1n) is 8.15. The number of hydrogen-bond acceptors (Lipinski definition) is 4. The molecule has 8 nitrogen and oxygen atoms in total. The molecule has 0 fully saturated rings. The fourth-order valence-electron chi connectivity index (χ4n) is 2.24. The Hall–Kier alpha value is -3.76. The smallest absolute Gasteiger partial charge is 0.418 e. The van der Waals surface area contributed by atoms with Gasteiger partial charge in [0.05, 0.1) is 18.4 Å². The zero-order chi connectivity index (χ0) is 21.4. The van der Waals surface area contributed by atoms with E-state index in [-0.39, 0.29) is 17.4 Å². The Morgan fingerprint density at radius 3 is 2.59 bits per heavy atom. The highest BCUT2D eigenvalue weighted by molar-refractivity contribution is 5.92. The van der Waals surface area contributed by atoms with Crippen LogP contribution >= 0.6 is 0 Å². The van der Waals surface area contributed by atoms with Gasteiger partial charge in [0.1, 0.15) is 0 Å². The Morgan fingerprint density at radius 1 is 1.21 bits per heavy atom. The van der Waals surface area contributed by atoms with Crippen molar-refractivity contribution in [3.05, 3.63) is 53.6 Å². The van der Waals surface area contributed by atoms with Gasteiger partial charge in [-0.15, -0.1) is 5.10 Å². The number of carbonyl (C=O) groups excluding carboxylic acids is 1. The van der Waals surface area contributed by atoms with Gasteiger partial charge in [-0.2, -0.15) is 13.2 Å². The van der Waals surface area contributed by atoms with Gasteiger partial charge >= 0.3 is 6.18 Å². The third kappa shape index (κ3) is 6.41. The molecular weight excluding hydrogens is 391 g/mol. The molecule has 0 atom stereocenters. The Bertz CT molecular complexity index is 925. The monoisotopic (exact) mass is 410 g/mol. The second-order valence-corrected chi connectivity index (χ2v) is 5.60. The second kappa shape index (κ2) is 9.44. The van der Waals surface area contributed by atoms with E-state index in [2.05, 4.69) is 15.5 Å². The van der Waals surface area contributed by atoms with Crippen molar-refractivity contribution in [1.82, 2.24) is 0 Å². The number of guanidine groups is 1. The zero-order valence-electron chi connectivity index (χ0n) is 15.3. The first-order valence-corrected chi connectivity index (χ1v) is 8.15. The molecule has 6 N–H and O–H groups in total. The standard InChI is InChI=1S/C18H18F3N5O3/c1-28-15-8-11(9-24-26-17(22)23)6-7-14(15)29-10-16(27)25-13-5-3-2-4-12(13)18(19,20)21/h2-9H,10H2,1H3,(H,25,27)(H4,22,23,26)/p+1/b24-9-. The summed E-state index contributed by atoms with van der Waals surface area (Å²) < 4.78 is 49.5. The first-order chi connectivity index (χ1) is 13.7. The highest BCUT2D eigenvalue weighted by Crippen LogP contribution is 2.34. The van der Waals surface area contributed by atoms with Crippen molar-refractivity contribution >= 4 is 23.8 Å². The van der Waals surface area contributed by atoms with E-state index in [1.165, 1.54) is 31.5 Å². The molecule has 0 aliphatic heterocycles. The molecule has 0 radical (unpaired) electrons. The van der Waals surface area contributed by atoms with Gasteiger partial charge in [-0.1, -0.05) is 12.1 Å². The van der Waals surface area contributed by atoms with Crippen molar-refractivity contribution in [2.24, 2.45) is 16.6 Å². The van der Waals surface area contributed by atoms with Crippen LogP contribution in [0.15, 0.2) is 47.6 Å². The van der Waals surface area contributed by atoms with Crippen molar-refractivity contribution in [3.63, 3.8) is 0 Å². The molecule has 154 valence electrons. The van der Waals surface area contributed by atoms with E-state index < -0.39 is 24.3 Å². The van der Waals surface area contributed by atoms with Crippen LogP contribution in [-0.2, 0) is 11.0 Å². The Kier molecular flexibility index (Phi) is 7.01. The zero-order valence-corrected chi connectivity index (χ0v) is 15.3. The van der Waals surface area contributed by atoms with Gasteiger partial charge in [0.15, 0.2) is 18.1 Å². The third-order valence-corrected chi connectivity index (χ3v) is 3.48. The molecule has 0 heterocycles. The molecule has 0 aliphatic carbocycles. The average molecular weight is 410 g/mol. The van der Waals surface area contributed by atoms with E-state index in [1.807, 2.05) is 0 Å². The number of nitrogens with zero attached hydrogens (tertiary/aromatic N) is 1. The maximum Gasteiger partial charge on any atom is 0.418 e. The molecule has 2 rings (SSSR count). The van der Waals surface area contributed by atoms with E-state index in [0.717, 1.165) is 12.1 Å². The van der Waals surface area contributed by atoms with Gasteiger partial charge in [-0.05, 0) is 30.3 Å². The summed E-state index contributed by atoms with van der Waals surface area (Å²) in [6.45, 7) is -0.516. The number of carbonyl (C=O) groups is 1. The number of hydrazone groups is 1. The van der Waals surface area contributed by atoms with Gasteiger partial charge in [-0.25, -0.2) is 0 Å². The van der Waals surface area contributed by atoms with Crippen LogP contribution in [0.4, 0.5) is 18.9 Å².